The summed E-state index contributed by atoms with van der Waals surface area (Å²) in [6, 6.07) is 12.5. The molecule has 1 aromatic heterocycles. The van der Waals surface area contributed by atoms with Crippen molar-refractivity contribution < 1.29 is 18.7 Å². The molecule has 0 aliphatic heterocycles. The zero-order valence-corrected chi connectivity index (χ0v) is 16.2. The third kappa shape index (κ3) is 4.53. The number of methoxy groups -OCH3 is 1. The van der Waals surface area contributed by atoms with Gasteiger partial charge in [-0.05, 0) is 46.8 Å². The number of carbonyl (C=O) groups excluding carboxylic acids is 1. The van der Waals surface area contributed by atoms with Crippen molar-refractivity contribution >= 4 is 35.0 Å². The predicted octanol–water partition coefficient (Wildman–Crippen LogP) is 2.95. The van der Waals surface area contributed by atoms with Gasteiger partial charge in [-0.25, -0.2) is 4.79 Å². The number of aryl methyl sites for hydroxylation is 1. The van der Waals surface area contributed by atoms with E-state index in [0.29, 0.717) is 16.5 Å². The first kappa shape index (κ1) is 19.1. The summed E-state index contributed by atoms with van der Waals surface area (Å²) < 4.78 is 11.6. The summed E-state index contributed by atoms with van der Waals surface area (Å²) in [5.41, 5.74) is 1.73. The first-order valence-corrected chi connectivity index (χ1v) is 9.31. The molecule has 0 fully saturated rings. The number of rotatable bonds is 6. The van der Waals surface area contributed by atoms with Crippen molar-refractivity contribution in [1.29, 1.82) is 0 Å². The lowest BCUT2D eigenvalue weighted by Crippen LogP contribution is -2.36. The number of thioether (sulfide) groups is 1. The fourth-order valence-corrected chi connectivity index (χ4v) is 3.29. The number of aromatic amines is 1. The van der Waals surface area contributed by atoms with Gasteiger partial charge in [0, 0.05) is 17.2 Å². The number of hydrogen-bond donors (Lipinski definition) is 2. The lowest BCUT2D eigenvalue weighted by atomic mass is 10.2. The molecule has 0 aliphatic carbocycles. The predicted molar refractivity (Wildman–Crippen MR) is 103 cm³/mol. The molecule has 2 aromatic carbocycles. The van der Waals surface area contributed by atoms with Gasteiger partial charge in [0.25, 0.3) is 0 Å². The van der Waals surface area contributed by atoms with Gasteiger partial charge in [0.2, 0.25) is 11.6 Å². The highest BCUT2D eigenvalue weighted by atomic mass is 35.5. The molecule has 2 N–H and O–H groups in total. The number of hydrogen-bond acceptors (Lipinski definition) is 5. The number of halogens is 1. The van der Waals surface area contributed by atoms with Crippen LogP contribution in [0.15, 0.2) is 56.8 Å². The van der Waals surface area contributed by atoms with E-state index in [1.807, 2.05) is 31.2 Å². The van der Waals surface area contributed by atoms with Crippen LogP contribution in [0.1, 0.15) is 5.56 Å². The molecule has 0 saturated heterocycles. The maximum atomic E-state index is 12.3. The van der Waals surface area contributed by atoms with Crippen LogP contribution in [0.4, 0.5) is 5.69 Å². The van der Waals surface area contributed by atoms with Crippen LogP contribution in [0.3, 0.4) is 0 Å². The maximum absolute atomic E-state index is 12.3. The van der Waals surface area contributed by atoms with E-state index in [1.54, 1.807) is 18.2 Å². The summed E-state index contributed by atoms with van der Waals surface area (Å²) >= 11 is 7.03. The van der Waals surface area contributed by atoms with Gasteiger partial charge in [-0.15, -0.1) is 0 Å². The van der Waals surface area contributed by atoms with Crippen molar-refractivity contribution in [2.24, 2.45) is 0 Å². The second-order valence-electron chi connectivity index (χ2n) is 5.64. The molecule has 9 heteroatoms. The minimum absolute atomic E-state index is 0.00411. The molecular formula is C18H17ClN3O4S+. The smallest absolute Gasteiger partial charge is 0.442 e. The topological polar surface area (TPSA) is 88.2 Å². The molecule has 27 heavy (non-hydrogen) atoms. The highest BCUT2D eigenvalue weighted by Gasteiger charge is 2.25. The molecule has 0 radical (unpaired) electrons. The Hall–Kier alpha value is -2.71. The van der Waals surface area contributed by atoms with E-state index in [0.717, 1.165) is 23.0 Å². The number of anilines is 1. The Labute approximate surface area is 164 Å². The van der Waals surface area contributed by atoms with Gasteiger partial charge < -0.3 is 10.1 Å². The second-order valence-corrected chi connectivity index (χ2v) is 7.04. The molecule has 0 atom stereocenters. The number of H-pyrrole nitrogens is 1. The van der Waals surface area contributed by atoms with E-state index in [2.05, 4.69) is 10.6 Å². The second kappa shape index (κ2) is 8.32. The molecule has 7 nitrogen and oxygen atoms in total. The van der Waals surface area contributed by atoms with E-state index >= 15 is 0 Å². The van der Waals surface area contributed by atoms with E-state index < -0.39 is 5.63 Å². The number of ether oxygens (including phenoxy) is 1. The fourth-order valence-electron chi connectivity index (χ4n) is 2.35. The summed E-state index contributed by atoms with van der Waals surface area (Å²) in [6.45, 7) is 1.97. The Kier molecular flexibility index (Phi) is 5.88. The lowest BCUT2D eigenvalue weighted by molar-refractivity contribution is -0.704. The van der Waals surface area contributed by atoms with E-state index in [1.165, 1.54) is 11.8 Å². The standard InChI is InChI=1S/C18H16ClN3O4S/c1-11-3-6-13(7-4-11)22-17(18(24)26-21-22)27-10-16(23)20-14-9-12(19)5-8-15(14)25-2/h3-9H,10H2,1-2H3,(H-,20,21,23,24)/p+1. The SMILES string of the molecule is COc1ccc(Cl)cc1NC(=O)CSc1c(=O)o[nH][n+]1-c1ccc(C)cc1. The van der Waals surface area contributed by atoms with Crippen LogP contribution < -0.4 is 20.4 Å². The highest BCUT2D eigenvalue weighted by molar-refractivity contribution is 7.99. The van der Waals surface area contributed by atoms with Gasteiger partial charge in [-0.3, -0.25) is 9.32 Å². The van der Waals surface area contributed by atoms with Crippen molar-refractivity contribution in [3.8, 4) is 11.4 Å². The molecule has 0 spiro atoms. The fraction of sp³-hybridized carbons (Fsp3) is 0.167. The molecule has 0 unspecified atom stereocenters. The minimum Gasteiger partial charge on any atom is -0.495 e. The zero-order valence-electron chi connectivity index (χ0n) is 14.6. The van der Waals surface area contributed by atoms with Crippen LogP contribution in [0.2, 0.25) is 5.02 Å². The van der Waals surface area contributed by atoms with Gasteiger partial charge in [-0.1, -0.05) is 29.3 Å². The Morgan fingerprint density at radius 1 is 1.30 bits per heavy atom. The lowest BCUT2D eigenvalue weighted by Gasteiger charge is -2.09. The summed E-state index contributed by atoms with van der Waals surface area (Å²) in [4.78, 5) is 24.3. The molecule has 140 valence electrons. The molecule has 0 saturated carbocycles. The molecular weight excluding hydrogens is 390 g/mol. The van der Waals surface area contributed by atoms with Crippen LogP contribution in [0, 0.1) is 6.92 Å². The minimum atomic E-state index is -0.547. The van der Waals surface area contributed by atoms with Gasteiger partial charge >= 0.3 is 10.7 Å². The Morgan fingerprint density at radius 3 is 2.74 bits per heavy atom. The maximum Gasteiger partial charge on any atom is 0.442 e. The molecule has 0 aliphatic rings. The normalized spacial score (nSPS) is 10.6. The molecule has 3 aromatic rings. The zero-order chi connectivity index (χ0) is 19.4. The van der Waals surface area contributed by atoms with Crippen LogP contribution in [-0.2, 0) is 4.79 Å². The van der Waals surface area contributed by atoms with Crippen molar-refractivity contribution in [1.82, 2.24) is 5.27 Å². The van der Waals surface area contributed by atoms with Gasteiger partial charge in [0.05, 0.1) is 18.6 Å². The number of nitrogens with zero attached hydrogens (tertiary/aromatic N) is 1. The quantitative estimate of drug-likeness (QED) is 0.485. The average molecular weight is 407 g/mol. The molecule has 1 heterocycles. The van der Waals surface area contributed by atoms with Crippen molar-refractivity contribution in [2.45, 2.75) is 11.9 Å². The van der Waals surface area contributed by atoms with Crippen molar-refractivity contribution in [3.05, 3.63) is 63.5 Å². The monoisotopic (exact) mass is 406 g/mol. The van der Waals surface area contributed by atoms with Crippen LogP contribution in [0.25, 0.3) is 5.69 Å². The average Bonchev–Trinajstić information content (AvgIpc) is 3.01. The number of aromatic nitrogens is 2. The Morgan fingerprint density at radius 2 is 2.04 bits per heavy atom. The number of carbonyl (C=O) groups is 1. The van der Waals surface area contributed by atoms with E-state index in [-0.39, 0.29) is 16.7 Å². The van der Waals surface area contributed by atoms with Crippen LogP contribution >= 0.6 is 23.4 Å². The Bertz CT molecular complexity index is 1010. The molecule has 1 amide bonds. The van der Waals surface area contributed by atoms with Gasteiger partial charge in [0.1, 0.15) is 5.75 Å². The third-order valence-electron chi connectivity index (χ3n) is 3.68. The number of nitrogens with one attached hydrogen (secondary N) is 2. The number of amides is 1. The van der Waals surface area contributed by atoms with E-state index in [4.69, 9.17) is 20.9 Å². The van der Waals surface area contributed by atoms with E-state index in [9.17, 15) is 9.59 Å². The Balaban J connectivity index is 1.73. The first-order valence-electron chi connectivity index (χ1n) is 7.94. The van der Waals surface area contributed by atoms with Crippen molar-refractivity contribution in [2.75, 3.05) is 18.2 Å². The third-order valence-corrected chi connectivity index (χ3v) is 4.94. The summed E-state index contributed by atoms with van der Waals surface area (Å²) in [5, 5.41) is 6.02. The molecule has 3 rings (SSSR count). The van der Waals surface area contributed by atoms with Crippen LogP contribution in [0.5, 0.6) is 5.75 Å². The van der Waals surface area contributed by atoms with Crippen LogP contribution in [-0.4, -0.2) is 24.0 Å². The van der Waals surface area contributed by atoms with Gasteiger partial charge in [-0.2, -0.15) is 0 Å². The summed E-state index contributed by atoms with van der Waals surface area (Å²) in [5.74, 6) is 0.190. The first-order chi connectivity index (χ1) is 13.0. The number of benzene rings is 2. The summed E-state index contributed by atoms with van der Waals surface area (Å²) in [7, 11) is 1.50. The largest absolute Gasteiger partial charge is 0.495 e. The van der Waals surface area contributed by atoms with Gasteiger partial charge in [0.15, 0.2) is 0 Å². The molecule has 0 bridgehead atoms. The highest BCUT2D eigenvalue weighted by Crippen LogP contribution is 2.27. The van der Waals surface area contributed by atoms with Crippen molar-refractivity contribution in [3.63, 3.8) is 0 Å². The summed E-state index contributed by atoms with van der Waals surface area (Å²) in [6.07, 6.45) is 0.